The molecule has 0 saturated carbocycles. The zero-order valence-electron chi connectivity index (χ0n) is 10.3. The Hall–Kier alpha value is -0.730. The van der Waals surface area contributed by atoms with Crippen molar-refractivity contribution in [3.05, 3.63) is 34.9 Å². The third kappa shape index (κ3) is 3.62. The minimum absolute atomic E-state index is 0.00306. The maximum Gasteiger partial charge on any atom is 0.238 e. The topological polar surface area (TPSA) is 20.3 Å². The lowest BCUT2D eigenvalue weighted by Crippen LogP contribution is -2.39. The van der Waals surface area contributed by atoms with Gasteiger partial charge in [0.15, 0.2) is 0 Å². The van der Waals surface area contributed by atoms with Crippen molar-refractivity contribution in [3.8, 4) is 0 Å². The molecular formula is C13H17Cl2NO. The third-order valence-corrected chi connectivity index (χ3v) is 3.17. The van der Waals surface area contributed by atoms with Crippen LogP contribution in [0.4, 0.5) is 0 Å². The summed E-state index contributed by atoms with van der Waals surface area (Å²) in [7, 11) is 0. The molecule has 0 heterocycles. The fourth-order valence-corrected chi connectivity index (χ4v) is 2.28. The SMILES string of the molecule is CC(C)N(C(=O)CCl)[C@H](C)c1cccc(Cl)c1. The fourth-order valence-electron chi connectivity index (χ4n) is 1.95. The number of benzene rings is 1. The van der Waals surface area contributed by atoms with Gasteiger partial charge in [-0.2, -0.15) is 0 Å². The van der Waals surface area contributed by atoms with Crippen molar-refractivity contribution >= 4 is 29.1 Å². The summed E-state index contributed by atoms with van der Waals surface area (Å²) in [5.74, 6) is -0.0579. The zero-order valence-corrected chi connectivity index (χ0v) is 11.8. The Balaban J connectivity index is 2.99. The molecule has 94 valence electrons. The molecule has 0 saturated heterocycles. The van der Waals surface area contributed by atoms with Gasteiger partial charge in [0, 0.05) is 11.1 Å². The van der Waals surface area contributed by atoms with Crippen LogP contribution in [0.3, 0.4) is 0 Å². The summed E-state index contributed by atoms with van der Waals surface area (Å²) in [4.78, 5) is 13.6. The van der Waals surface area contributed by atoms with Crippen LogP contribution in [0.1, 0.15) is 32.4 Å². The molecule has 1 rings (SSSR count). The molecule has 4 heteroatoms. The van der Waals surface area contributed by atoms with Crippen molar-refractivity contribution < 1.29 is 4.79 Å². The van der Waals surface area contributed by atoms with Gasteiger partial charge in [-0.05, 0) is 38.5 Å². The third-order valence-electron chi connectivity index (χ3n) is 2.71. The van der Waals surface area contributed by atoms with Crippen molar-refractivity contribution in [1.29, 1.82) is 0 Å². The summed E-state index contributed by atoms with van der Waals surface area (Å²) in [6.45, 7) is 5.94. The molecule has 0 radical (unpaired) electrons. The molecule has 0 aromatic heterocycles. The second-order valence-electron chi connectivity index (χ2n) is 4.26. The number of amides is 1. The van der Waals surface area contributed by atoms with Crippen LogP contribution in [-0.4, -0.2) is 22.7 Å². The van der Waals surface area contributed by atoms with Gasteiger partial charge in [-0.1, -0.05) is 23.7 Å². The average Bonchev–Trinajstić information content (AvgIpc) is 2.28. The Morgan fingerprint density at radius 3 is 2.47 bits per heavy atom. The number of nitrogens with zero attached hydrogens (tertiary/aromatic N) is 1. The van der Waals surface area contributed by atoms with E-state index in [-0.39, 0.29) is 23.9 Å². The van der Waals surface area contributed by atoms with Gasteiger partial charge in [0.1, 0.15) is 5.88 Å². The zero-order chi connectivity index (χ0) is 13.0. The quantitative estimate of drug-likeness (QED) is 0.763. The predicted octanol–water partition coefficient (Wildman–Crippen LogP) is 3.88. The lowest BCUT2D eigenvalue weighted by molar-refractivity contribution is -0.132. The lowest BCUT2D eigenvalue weighted by Gasteiger charge is -2.32. The number of carbonyl (C=O) groups is 1. The van der Waals surface area contributed by atoms with E-state index in [1.54, 1.807) is 4.90 Å². The molecule has 17 heavy (non-hydrogen) atoms. The predicted molar refractivity (Wildman–Crippen MR) is 72.6 cm³/mol. The van der Waals surface area contributed by atoms with Gasteiger partial charge in [-0.15, -0.1) is 11.6 Å². The summed E-state index contributed by atoms with van der Waals surface area (Å²) in [5, 5.41) is 0.677. The van der Waals surface area contributed by atoms with Crippen LogP contribution in [-0.2, 0) is 4.79 Å². The molecule has 0 bridgehead atoms. The first-order valence-corrected chi connectivity index (χ1v) is 6.51. The molecular weight excluding hydrogens is 257 g/mol. The highest BCUT2D eigenvalue weighted by atomic mass is 35.5. The average molecular weight is 274 g/mol. The fraction of sp³-hybridized carbons (Fsp3) is 0.462. The van der Waals surface area contributed by atoms with Gasteiger partial charge >= 0.3 is 0 Å². The second-order valence-corrected chi connectivity index (χ2v) is 4.96. The van der Waals surface area contributed by atoms with Crippen LogP contribution in [0.25, 0.3) is 0 Å². The number of halogens is 2. The summed E-state index contributed by atoms with van der Waals surface area (Å²) >= 11 is 11.6. The van der Waals surface area contributed by atoms with E-state index in [1.807, 2.05) is 45.0 Å². The summed E-state index contributed by atoms with van der Waals surface area (Å²) < 4.78 is 0. The van der Waals surface area contributed by atoms with E-state index >= 15 is 0 Å². The van der Waals surface area contributed by atoms with E-state index in [2.05, 4.69) is 0 Å². The highest BCUT2D eigenvalue weighted by molar-refractivity contribution is 6.30. The van der Waals surface area contributed by atoms with E-state index in [9.17, 15) is 4.79 Å². The van der Waals surface area contributed by atoms with Crippen molar-refractivity contribution in [3.63, 3.8) is 0 Å². The summed E-state index contributed by atoms with van der Waals surface area (Å²) in [5.41, 5.74) is 1.02. The van der Waals surface area contributed by atoms with Crippen molar-refractivity contribution in [1.82, 2.24) is 4.90 Å². The first-order chi connectivity index (χ1) is 7.97. The summed E-state index contributed by atoms with van der Waals surface area (Å²) in [6, 6.07) is 7.63. The summed E-state index contributed by atoms with van der Waals surface area (Å²) in [6.07, 6.45) is 0. The first kappa shape index (κ1) is 14.3. The van der Waals surface area contributed by atoms with E-state index in [4.69, 9.17) is 23.2 Å². The van der Waals surface area contributed by atoms with Crippen LogP contribution in [0.5, 0.6) is 0 Å². The number of hydrogen-bond donors (Lipinski definition) is 0. The molecule has 2 nitrogen and oxygen atoms in total. The Bertz CT molecular complexity index is 393. The lowest BCUT2D eigenvalue weighted by atomic mass is 10.1. The maximum absolute atomic E-state index is 11.8. The van der Waals surface area contributed by atoms with Crippen LogP contribution in [0.15, 0.2) is 24.3 Å². The number of carbonyl (C=O) groups excluding carboxylic acids is 1. The Kier molecular flexibility index (Phi) is 5.29. The molecule has 1 aromatic rings. The number of alkyl halides is 1. The Labute approximate surface area is 113 Å². The largest absolute Gasteiger partial charge is 0.332 e. The molecule has 1 aromatic carbocycles. The molecule has 0 aliphatic heterocycles. The van der Waals surface area contributed by atoms with Crippen molar-refractivity contribution in [2.75, 3.05) is 5.88 Å². The van der Waals surface area contributed by atoms with E-state index in [1.165, 1.54) is 0 Å². The minimum Gasteiger partial charge on any atom is -0.332 e. The van der Waals surface area contributed by atoms with Crippen LogP contribution in [0, 0.1) is 0 Å². The van der Waals surface area contributed by atoms with Gasteiger partial charge in [0.05, 0.1) is 6.04 Å². The highest BCUT2D eigenvalue weighted by Crippen LogP contribution is 2.25. The highest BCUT2D eigenvalue weighted by Gasteiger charge is 2.23. The Morgan fingerprint density at radius 1 is 1.35 bits per heavy atom. The van der Waals surface area contributed by atoms with E-state index in [0.29, 0.717) is 5.02 Å². The molecule has 0 N–H and O–H groups in total. The van der Waals surface area contributed by atoms with Crippen LogP contribution in [0.2, 0.25) is 5.02 Å². The van der Waals surface area contributed by atoms with Gasteiger partial charge in [-0.25, -0.2) is 0 Å². The molecule has 0 spiro atoms. The van der Waals surface area contributed by atoms with Crippen LogP contribution < -0.4 is 0 Å². The van der Waals surface area contributed by atoms with Gasteiger partial charge in [0.2, 0.25) is 5.91 Å². The molecule has 0 aliphatic carbocycles. The van der Waals surface area contributed by atoms with Gasteiger partial charge in [-0.3, -0.25) is 4.79 Å². The molecule has 0 unspecified atom stereocenters. The molecule has 0 aliphatic rings. The minimum atomic E-state index is -0.0610. The Morgan fingerprint density at radius 2 is 2.00 bits per heavy atom. The molecule has 1 amide bonds. The van der Waals surface area contributed by atoms with Crippen LogP contribution >= 0.6 is 23.2 Å². The van der Waals surface area contributed by atoms with E-state index < -0.39 is 0 Å². The maximum atomic E-state index is 11.8. The standard InChI is InChI=1S/C13H17Cl2NO/c1-9(2)16(13(17)8-14)10(3)11-5-4-6-12(15)7-11/h4-7,9-10H,8H2,1-3H3/t10-/m1/s1. The monoisotopic (exact) mass is 273 g/mol. The smallest absolute Gasteiger partial charge is 0.238 e. The molecule has 1 atom stereocenters. The normalized spacial score (nSPS) is 12.6. The first-order valence-electron chi connectivity index (χ1n) is 5.60. The van der Waals surface area contributed by atoms with Gasteiger partial charge in [0.25, 0.3) is 0 Å². The van der Waals surface area contributed by atoms with Gasteiger partial charge < -0.3 is 4.90 Å². The van der Waals surface area contributed by atoms with E-state index in [0.717, 1.165) is 5.56 Å². The second kappa shape index (κ2) is 6.27. The molecule has 0 fully saturated rings. The number of hydrogen-bond acceptors (Lipinski definition) is 1. The van der Waals surface area contributed by atoms with Crippen molar-refractivity contribution in [2.45, 2.75) is 32.9 Å². The van der Waals surface area contributed by atoms with Crippen molar-refractivity contribution in [2.24, 2.45) is 0 Å². The number of rotatable bonds is 4.